The van der Waals surface area contributed by atoms with Gasteiger partial charge in [0.05, 0.1) is 12.5 Å². The van der Waals surface area contributed by atoms with Crippen molar-refractivity contribution in [2.45, 2.75) is 27.7 Å². The largest absolute Gasteiger partial charge is 0.465 e. The molecule has 0 saturated carbocycles. The number of carbonyl (C=O) groups excluding carboxylic acids is 1. The fourth-order valence-corrected chi connectivity index (χ4v) is 1.93. The quantitative estimate of drug-likeness (QED) is 0.541. The van der Waals surface area contributed by atoms with Crippen molar-refractivity contribution in [1.82, 2.24) is 0 Å². The molecule has 64 valence electrons. The maximum absolute atomic E-state index is 11.2. The highest BCUT2D eigenvalue weighted by atomic mass is 16.5. The van der Waals surface area contributed by atoms with Crippen LogP contribution in [0.5, 0.6) is 0 Å². The predicted octanol–water partition coefficient (Wildman–Crippen LogP) is 1.84. The van der Waals surface area contributed by atoms with Crippen molar-refractivity contribution in [3.8, 4) is 0 Å². The first-order valence-corrected chi connectivity index (χ1v) is 4.12. The third-order valence-corrected chi connectivity index (χ3v) is 2.35. The van der Waals surface area contributed by atoms with E-state index in [1.165, 1.54) is 0 Å². The van der Waals surface area contributed by atoms with E-state index in [4.69, 9.17) is 4.74 Å². The number of cyclic esters (lactones) is 1. The van der Waals surface area contributed by atoms with Gasteiger partial charge in [0.1, 0.15) is 0 Å². The van der Waals surface area contributed by atoms with Gasteiger partial charge in [0.25, 0.3) is 0 Å². The molecular weight excluding hydrogens is 140 g/mol. The molecule has 1 aliphatic heterocycles. The Morgan fingerprint density at radius 1 is 1.55 bits per heavy atom. The van der Waals surface area contributed by atoms with E-state index in [1.807, 2.05) is 0 Å². The first-order chi connectivity index (χ1) is 4.95. The van der Waals surface area contributed by atoms with Gasteiger partial charge in [-0.15, -0.1) is 0 Å². The second-order valence-corrected chi connectivity index (χ2v) is 4.32. The number of hydrogen-bond donors (Lipinski definition) is 0. The van der Waals surface area contributed by atoms with Crippen LogP contribution in [0, 0.1) is 17.3 Å². The lowest BCUT2D eigenvalue weighted by Crippen LogP contribution is -2.28. The van der Waals surface area contributed by atoms with Crippen LogP contribution < -0.4 is 0 Å². The summed E-state index contributed by atoms with van der Waals surface area (Å²) in [4.78, 5) is 11.2. The van der Waals surface area contributed by atoms with Gasteiger partial charge < -0.3 is 4.74 Å². The zero-order chi connectivity index (χ0) is 8.65. The van der Waals surface area contributed by atoms with Gasteiger partial charge in [-0.1, -0.05) is 27.7 Å². The smallest absolute Gasteiger partial charge is 0.309 e. The van der Waals surface area contributed by atoms with Gasteiger partial charge >= 0.3 is 5.97 Å². The second-order valence-electron chi connectivity index (χ2n) is 4.32. The van der Waals surface area contributed by atoms with E-state index in [9.17, 15) is 4.79 Å². The maximum atomic E-state index is 11.2. The highest BCUT2D eigenvalue weighted by Gasteiger charge is 2.44. The molecule has 1 rings (SSSR count). The molecule has 0 aromatic rings. The van der Waals surface area contributed by atoms with Gasteiger partial charge in [0.15, 0.2) is 0 Å². The molecule has 0 radical (unpaired) electrons. The number of esters is 1. The minimum Gasteiger partial charge on any atom is -0.465 e. The monoisotopic (exact) mass is 156 g/mol. The summed E-state index contributed by atoms with van der Waals surface area (Å²) in [7, 11) is 0. The molecule has 11 heavy (non-hydrogen) atoms. The van der Waals surface area contributed by atoms with Crippen molar-refractivity contribution in [2.75, 3.05) is 6.61 Å². The van der Waals surface area contributed by atoms with Crippen LogP contribution in [0.15, 0.2) is 0 Å². The summed E-state index contributed by atoms with van der Waals surface area (Å²) in [6.45, 7) is 8.89. The molecule has 0 aliphatic carbocycles. The summed E-state index contributed by atoms with van der Waals surface area (Å²) < 4.78 is 5.00. The van der Waals surface area contributed by atoms with Crippen molar-refractivity contribution in [2.24, 2.45) is 17.3 Å². The highest BCUT2D eigenvalue weighted by Crippen LogP contribution is 2.38. The Balaban J connectivity index is 2.80. The van der Waals surface area contributed by atoms with E-state index in [1.54, 1.807) is 0 Å². The number of hydrogen-bond acceptors (Lipinski definition) is 2. The average Bonchev–Trinajstić information content (AvgIpc) is 2.06. The van der Waals surface area contributed by atoms with E-state index in [0.29, 0.717) is 12.5 Å². The fourth-order valence-electron chi connectivity index (χ4n) is 1.93. The molecule has 1 atom stereocenters. The maximum Gasteiger partial charge on any atom is 0.309 e. The Hall–Kier alpha value is -0.530. The lowest BCUT2D eigenvalue weighted by Gasteiger charge is -2.24. The van der Waals surface area contributed by atoms with Crippen LogP contribution >= 0.6 is 0 Å². The molecule has 1 fully saturated rings. The molecule has 0 N–H and O–H groups in total. The zero-order valence-electron chi connectivity index (χ0n) is 7.68. The summed E-state index contributed by atoms with van der Waals surface area (Å²) >= 11 is 0. The molecule has 0 spiro atoms. The first-order valence-electron chi connectivity index (χ1n) is 4.12. The van der Waals surface area contributed by atoms with Crippen molar-refractivity contribution in [3.63, 3.8) is 0 Å². The minimum atomic E-state index is -0.0231. The van der Waals surface area contributed by atoms with Gasteiger partial charge in [0.2, 0.25) is 0 Å². The summed E-state index contributed by atoms with van der Waals surface area (Å²) in [6, 6.07) is 0. The molecule has 0 unspecified atom stereocenters. The number of carbonyl (C=O) groups is 1. The number of rotatable bonds is 1. The van der Waals surface area contributed by atoms with E-state index in [-0.39, 0.29) is 17.3 Å². The molecule has 0 aromatic heterocycles. The lowest BCUT2D eigenvalue weighted by molar-refractivity contribution is -0.142. The van der Waals surface area contributed by atoms with Crippen LogP contribution in [0.2, 0.25) is 0 Å². The van der Waals surface area contributed by atoms with Gasteiger partial charge in [-0.05, 0) is 5.92 Å². The highest BCUT2D eigenvalue weighted by molar-refractivity contribution is 5.75. The zero-order valence-corrected chi connectivity index (χ0v) is 7.68. The first kappa shape index (κ1) is 8.57. The topological polar surface area (TPSA) is 26.3 Å². The summed E-state index contributed by atoms with van der Waals surface area (Å²) in [5, 5.41) is 0. The Labute approximate surface area is 67.9 Å². The van der Waals surface area contributed by atoms with Crippen LogP contribution in [0.25, 0.3) is 0 Å². The average molecular weight is 156 g/mol. The number of ether oxygens (including phenoxy) is 1. The van der Waals surface area contributed by atoms with Crippen molar-refractivity contribution in [1.29, 1.82) is 0 Å². The van der Waals surface area contributed by atoms with E-state index < -0.39 is 0 Å². The molecule has 2 heteroatoms. The van der Waals surface area contributed by atoms with Crippen LogP contribution in [0.1, 0.15) is 27.7 Å². The van der Waals surface area contributed by atoms with E-state index in [2.05, 4.69) is 27.7 Å². The molecule has 0 bridgehead atoms. The van der Waals surface area contributed by atoms with Crippen LogP contribution in [0.4, 0.5) is 0 Å². The third kappa shape index (κ3) is 1.39. The van der Waals surface area contributed by atoms with Gasteiger partial charge in [-0.3, -0.25) is 4.79 Å². The summed E-state index contributed by atoms with van der Waals surface area (Å²) in [6.07, 6.45) is 0. The van der Waals surface area contributed by atoms with Crippen molar-refractivity contribution in [3.05, 3.63) is 0 Å². The minimum absolute atomic E-state index is 0.0231. The third-order valence-electron chi connectivity index (χ3n) is 2.35. The normalized spacial score (nSPS) is 29.2. The summed E-state index contributed by atoms with van der Waals surface area (Å²) in [5.41, 5.74) is 0.0330. The molecule has 1 aliphatic rings. The van der Waals surface area contributed by atoms with Crippen molar-refractivity contribution >= 4 is 5.97 Å². The van der Waals surface area contributed by atoms with E-state index in [0.717, 1.165) is 0 Å². The molecule has 0 amide bonds. The fraction of sp³-hybridized carbons (Fsp3) is 0.889. The van der Waals surface area contributed by atoms with Gasteiger partial charge in [-0.25, -0.2) is 0 Å². The Morgan fingerprint density at radius 2 is 2.09 bits per heavy atom. The molecule has 2 nitrogen and oxygen atoms in total. The van der Waals surface area contributed by atoms with E-state index >= 15 is 0 Å². The van der Waals surface area contributed by atoms with Crippen molar-refractivity contribution < 1.29 is 9.53 Å². The second kappa shape index (κ2) is 2.50. The Morgan fingerprint density at radius 3 is 2.27 bits per heavy atom. The molecular formula is C9H16O2. The summed E-state index contributed by atoms with van der Waals surface area (Å²) in [5.74, 6) is 0.451. The standard InChI is InChI=1S/C9H16O2/c1-6(2)7-8(10)11-5-9(7,3)4/h6-7H,5H2,1-4H3/t7-/m1/s1. The van der Waals surface area contributed by atoms with Gasteiger partial charge in [-0.2, -0.15) is 0 Å². The van der Waals surface area contributed by atoms with Gasteiger partial charge in [0, 0.05) is 5.41 Å². The lowest BCUT2D eigenvalue weighted by atomic mass is 9.75. The molecule has 1 heterocycles. The van der Waals surface area contributed by atoms with Crippen LogP contribution in [-0.2, 0) is 9.53 Å². The Kier molecular flexibility index (Phi) is 1.95. The van der Waals surface area contributed by atoms with Crippen LogP contribution in [0.3, 0.4) is 0 Å². The molecule has 1 saturated heterocycles. The predicted molar refractivity (Wildman–Crippen MR) is 43.1 cm³/mol. The molecule has 0 aromatic carbocycles. The Bertz CT molecular complexity index is 170. The SMILES string of the molecule is CC(C)[C@@H]1C(=O)OCC1(C)C. The van der Waals surface area contributed by atoms with Crippen LogP contribution in [-0.4, -0.2) is 12.6 Å².